The van der Waals surface area contributed by atoms with Gasteiger partial charge in [0.15, 0.2) is 5.96 Å². The molecule has 0 radical (unpaired) electrons. The third-order valence-electron chi connectivity index (χ3n) is 5.52. The van der Waals surface area contributed by atoms with E-state index in [1.807, 2.05) is 12.1 Å². The predicted octanol–water partition coefficient (Wildman–Crippen LogP) is 3.99. The second-order valence-corrected chi connectivity index (χ2v) is 7.96. The molecule has 0 saturated carbocycles. The number of rotatable bonds is 7. The lowest BCUT2D eigenvalue weighted by atomic mass is 10.1. The van der Waals surface area contributed by atoms with Gasteiger partial charge in [-0.25, -0.2) is 4.98 Å². The molecular formula is C24H32IN5O2. The molecule has 1 aliphatic rings. The molecule has 1 atom stereocenters. The van der Waals surface area contributed by atoms with E-state index in [0.29, 0.717) is 19.7 Å². The SMILES string of the molecule is CN=C(NCc1cn2c(C)cccc2n1)NCc1ccc(C)cc1OCC1CCCO1.I. The molecule has 0 spiro atoms. The quantitative estimate of drug-likeness (QED) is 0.265. The predicted molar refractivity (Wildman–Crippen MR) is 138 cm³/mol. The normalized spacial score (nSPS) is 16.1. The first kappa shape index (κ1) is 24.3. The fourth-order valence-electron chi connectivity index (χ4n) is 3.76. The molecule has 1 unspecified atom stereocenters. The van der Waals surface area contributed by atoms with Crippen LogP contribution in [0.4, 0.5) is 0 Å². The molecule has 2 aromatic heterocycles. The number of hydrogen-bond acceptors (Lipinski definition) is 4. The molecule has 3 heterocycles. The number of aromatic nitrogens is 2. The molecule has 3 aromatic rings. The lowest BCUT2D eigenvalue weighted by Gasteiger charge is -2.17. The molecule has 1 fully saturated rings. The first-order chi connectivity index (χ1) is 15.1. The summed E-state index contributed by atoms with van der Waals surface area (Å²) >= 11 is 0. The summed E-state index contributed by atoms with van der Waals surface area (Å²) in [6, 6.07) is 12.4. The van der Waals surface area contributed by atoms with Crippen molar-refractivity contribution in [2.24, 2.45) is 4.99 Å². The zero-order valence-corrected chi connectivity index (χ0v) is 21.3. The lowest BCUT2D eigenvalue weighted by molar-refractivity contribution is 0.0676. The summed E-state index contributed by atoms with van der Waals surface area (Å²) in [6.07, 6.45) is 4.44. The Bertz CT molecular complexity index is 1060. The average molecular weight is 549 g/mol. The number of nitrogens with one attached hydrogen (secondary N) is 2. The lowest BCUT2D eigenvalue weighted by Crippen LogP contribution is -2.36. The number of guanidine groups is 1. The Labute approximate surface area is 206 Å². The van der Waals surface area contributed by atoms with Crippen LogP contribution in [0.25, 0.3) is 5.65 Å². The molecule has 172 valence electrons. The monoisotopic (exact) mass is 549 g/mol. The van der Waals surface area contributed by atoms with Crippen LogP contribution in [0, 0.1) is 13.8 Å². The maximum Gasteiger partial charge on any atom is 0.191 e. The fraction of sp³-hybridized carbons (Fsp3) is 0.417. The number of halogens is 1. The first-order valence-corrected chi connectivity index (χ1v) is 10.8. The van der Waals surface area contributed by atoms with E-state index in [-0.39, 0.29) is 30.1 Å². The first-order valence-electron chi connectivity index (χ1n) is 10.8. The van der Waals surface area contributed by atoms with Crippen molar-refractivity contribution in [1.29, 1.82) is 0 Å². The molecular weight excluding hydrogens is 517 g/mol. The van der Waals surface area contributed by atoms with Crippen LogP contribution in [0.2, 0.25) is 0 Å². The van der Waals surface area contributed by atoms with Gasteiger partial charge in [0.2, 0.25) is 0 Å². The van der Waals surface area contributed by atoms with Crippen LogP contribution in [0.5, 0.6) is 5.75 Å². The Morgan fingerprint density at radius 1 is 1.22 bits per heavy atom. The third kappa shape index (κ3) is 6.13. The molecule has 1 aromatic carbocycles. The van der Waals surface area contributed by atoms with E-state index in [4.69, 9.17) is 9.47 Å². The maximum atomic E-state index is 6.10. The second-order valence-electron chi connectivity index (χ2n) is 7.96. The van der Waals surface area contributed by atoms with Crippen LogP contribution in [0.3, 0.4) is 0 Å². The highest BCUT2D eigenvalue weighted by molar-refractivity contribution is 14.0. The van der Waals surface area contributed by atoms with Gasteiger partial charge in [-0.1, -0.05) is 18.2 Å². The molecule has 0 amide bonds. The number of ether oxygens (including phenoxy) is 2. The smallest absolute Gasteiger partial charge is 0.191 e. The van der Waals surface area contributed by atoms with Gasteiger partial charge in [-0.15, -0.1) is 24.0 Å². The van der Waals surface area contributed by atoms with Gasteiger partial charge in [-0.2, -0.15) is 0 Å². The minimum atomic E-state index is 0. The number of fused-ring (bicyclic) bond motifs is 1. The van der Waals surface area contributed by atoms with Crippen LogP contribution in [-0.2, 0) is 17.8 Å². The van der Waals surface area contributed by atoms with Gasteiger partial charge >= 0.3 is 0 Å². The van der Waals surface area contributed by atoms with Gasteiger partial charge in [0.25, 0.3) is 0 Å². The van der Waals surface area contributed by atoms with E-state index >= 15 is 0 Å². The molecule has 7 nitrogen and oxygen atoms in total. The minimum Gasteiger partial charge on any atom is -0.491 e. The number of aliphatic imine (C=N–C) groups is 1. The van der Waals surface area contributed by atoms with E-state index in [1.54, 1.807) is 7.05 Å². The summed E-state index contributed by atoms with van der Waals surface area (Å²) in [5.74, 6) is 1.62. The summed E-state index contributed by atoms with van der Waals surface area (Å²) in [4.78, 5) is 9.01. The zero-order chi connectivity index (χ0) is 21.6. The number of nitrogens with zero attached hydrogens (tertiary/aromatic N) is 3. The van der Waals surface area contributed by atoms with Crippen molar-refractivity contribution >= 4 is 35.6 Å². The molecule has 4 rings (SSSR count). The van der Waals surface area contributed by atoms with E-state index in [9.17, 15) is 0 Å². The van der Waals surface area contributed by atoms with Crippen molar-refractivity contribution in [2.45, 2.75) is 45.9 Å². The van der Waals surface area contributed by atoms with Crippen LogP contribution >= 0.6 is 24.0 Å². The fourth-order valence-corrected chi connectivity index (χ4v) is 3.76. The summed E-state index contributed by atoms with van der Waals surface area (Å²) in [6.45, 7) is 6.79. The van der Waals surface area contributed by atoms with Crippen molar-refractivity contribution in [1.82, 2.24) is 20.0 Å². The summed E-state index contributed by atoms with van der Waals surface area (Å²) in [5, 5.41) is 6.73. The van der Waals surface area contributed by atoms with Crippen LogP contribution in [0.1, 0.15) is 35.4 Å². The number of benzene rings is 1. The van der Waals surface area contributed by atoms with Crippen LogP contribution in [0.15, 0.2) is 47.6 Å². The Kier molecular flexibility index (Phi) is 8.75. The molecule has 0 aliphatic carbocycles. The Morgan fingerprint density at radius 3 is 2.81 bits per heavy atom. The standard InChI is InChI=1S/C24H31N5O2.HI/c1-17-9-10-19(22(12-17)31-16-21-7-5-11-30-21)13-26-24(25-3)27-14-20-15-29-18(2)6-4-8-23(29)28-20;/h4,6,8-10,12,15,21H,5,7,11,13-14,16H2,1-3H3,(H2,25,26,27);1H. The van der Waals surface area contributed by atoms with E-state index in [2.05, 4.69) is 69.3 Å². The van der Waals surface area contributed by atoms with Gasteiger partial charge in [-0.05, 0) is 50.5 Å². The molecule has 1 aliphatic heterocycles. The Morgan fingerprint density at radius 2 is 2.06 bits per heavy atom. The second kappa shape index (κ2) is 11.5. The van der Waals surface area contributed by atoms with Crippen molar-refractivity contribution < 1.29 is 9.47 Å². The summed E-state index contributed by atoms with van der Waals surface area (Å²) < 4.78 is 13.9. The zero-order valence-electron chi connectivity index (χ0n) is 18.9. The van der Waals surface area contributed by atoms with E-state index in [1.165, 1.54) is 5.56 Å². The van der Waals surface area contributed by atoms with E-state index < -0.39 is 0 Å². The highest BCUT2D eigenvalue weighted by Gasteiger charge is 2.17. The number of aryl methyl sites for hydroxylation is 2. The third-order valence-corrected chi connectivity index (χ3v) is 5.52. The van der Waals surface area contributed by atoms with Crippen molar-refractivity contribution in [3.63, 3.8) is 0 Å². The Hall–Kier alpha value is -2.33. The van der Waals surface area contributed by atoms with Crippen molar-refractivity contribution in [2.75, 3.05) is 20.3 Å². The van der Waals surface area contributed by atoms with Gasteiger partial charge < -0.3 is 24.5 Å². The maximum absolute atomic E-state index is 6.10. The van der Waals surface area contributed by atoms with Crippen LogP contribution < -0.4 is 15.4 Å². The molecule has 8 heteroatoms. The highest BCUT2D eigenvalue weighted by Crippen LogP contribution is 2.22. The number of imidazole rings is 1. The minimum absolute atomic E-state index is 0. The average Bonchev–Trinajstić information content (AvgIpc) is 3.43. The van der Waals surface area contributed by atoms with Gasteiger partial charge in [0.1, 0.15) is 18.0 Å². The topological polar surface area (TPSA) is 72.2 Å². The van der Waals surface area contributed by atoms with Gasteiger partial charge in [0, 0.05) is 37.7 Å². The molecule has 1 saturated heterocycles. The summed E-state index contributed by atoms with van der Waals surface area (Å²) in [7, 11) is 1.77. The van der Waals surface area contributed by atoms with Gasteiger partial charge in [-0.3, -0.25) is 4.99 Å². The number of pyridine rings is 1. The van der Waals surface area contributed by atoms with Gasteiger partial charge in [0.05, 0.1) is 18.3 Å². The number of hydrogen-bond donors (Lipinski definition) is 2. The van der Waals surface area contributed by atoms with Crippen molar-refractivity contribution in [3.05, 3.63) is 65.1 Å². The highest BCUT2D eigenvalue weighted by atomic mass is 127. The molecule has 0 bridgehead atoms. The van der Waals surface area contributed by atoms with E-state index in [0.717, 1.165) is 53.8 Å². The molecule has 2 N–H and O–H groups in total. The largest absolute Gasteiger partial charge is 0.491 e. The summed E-state index contributed by atoms with van der Waals surface area (Å²) in [5.41, 5.74) is 5.35. The van der Waals surface area contributed by atoms with Crippen LogP contribution in [-0.4, -0.2) is 41.7 Å². The Balaban J connectivity index is 0.00000289. The molecule has 32 heavy (non-hydrogen) atoms. The van der Waals surface area contributed by atoms with Crippen molar-refractivity contribution in [3.8, 4) is 5.75 Å².